The average Bonchev–Trinajstić information content (AvgIpc) is 2.73. The summed E-state index contributed by atoms with van der Waals surface area (Å²) in [7, 11) is 0. The zero-order valence-electron chi connectivity index (χ0n) is 16.3. The molecule has 10 nitrogen and oxygen atoms in total. The second-order valence-electron chi connectivity index (χ2n) is 6.77. The van der Waals surface area contributed by atoms with Crippen molar-refractivity contribution in [3.8, 4) is 11.5 Å². The Labute approximate surface area is 172 Å². The molecule has 1 aliphatic heterocycles. The Bertz CT molecular complexity index is 773. The number of rotatable bonds is 8. The zero-order chi connectivity index (χ0) is 22.3. The monoisotopic (exact) mass is 426 g/mol. The largest absolute Gasteiger partial charge is 0.504 e. The fourth-order valence-electron chi connectivity index (χ4n) is 2.59. The van der Waals surface area contributed by atoms with Crippen LogP contribution in [0.1, 0.15) is 12.5 Å². The molecule has 1 aliphatic rings. The highest BCUT2D eigenvalue weighted by Gasteiger charge is 2.43. The molecule has 0 bridgehead atoms. The smallest absolute Gasteiger partial charge is 0.331 e. The van der Waals surface area contributed by atoms with Gasteiger partial charge in [0.1, 0.15) is 31.0 Å². The van der Waals surface area contributed by atoms with Crippen molar-refractivity contribution in [2.24, 2.45) is 0 Å². The van der Waals surface area contributed by atoms with Crippen LogP contribution >= 0.6 is 0 Å². The van der Waals surface area contributed by atoms with Crippen LogP contribution in [-0.4, -0.2) is 87.1 Å². The van der Waals surface area contributed by atoms with Gasteiger partial charge in [-0.05, 0) is 36.3 Å². The maximum Gasteiger partial charge on any atom is 0.331 e. The molecule has 1 fully saturated rings. The Morgan fingerprint density at radius 2 is 1.87 bits per heavy atom. The van der Waals surface area contributed by atoms with Crippen LogP contribution in [-0.2, 0) is 19.0 Å². The Morgan fingerprint density at radius 3 is 2.53 bits per heavy atom. The minimum atomic E-state index is -1.52. The highest BCUT2D eigenvalue weighted by atomic mass is 16.7. The molecule has 166 valence electrons. The number of carbonyl (C=O) groups excluding carboxylic acids is 1. The van der Waals surface area contributed by atoms with Crippen molar-refractivity contribution >= 4 is 12.0 Å². The quantitative estimate of drug-likeness (QED) is 0.137. The first kappa shape index (κ1) is 23.8. The lowest BCUT2D eigenvalue weighted by Crippen LogP contribution is -2.59. The maximum atomic E-state index is 11.8. The van der Waals surface area contributed by atoms with Crippen LogP contribution in [0, 0.1) is 0 Å². The van der Waals surface area contributed by atoms with Gasteiger partial charge in [0, 0.05) is 6.08 Å². The summed E-state index contributed by atoms with van der Waals surface area (Å²) in [6.07, 6.45) is -2.59. The van der Waals surface area contributed by atoms with Gasteiger partial charge in [-0.2, -0.15) is 0 Å². The van der Waals surface area contributed by atoms with Gasteiger partial charge in [-0.25, -0.2) is 4.79 Å². The maximum absolute atomic E-state index is 11.8. The molecule has 0 radical (unpaired) electrons. The van der Waals surface area contributed by atoms with E-state index in [2.05, 4.69) is 0 Å². The van der Waals surface area contributed by atoms with Gasteiger partial charge < -0.3 is 44.8 Å². The zero-order valence-corrected chi connectivity index (χ0v) is 16.3. The van der Waals surface area contributed by atoms with E-state index in [0.29, 0.717) is 11.1 Å². The van der Waals surface area contributed by atoms with E-state index < -0.39 is 43.3 Å². The van der Waals surface area contributed by atoms with Crippen LogP contribution in [0.4, 0.5) is 0 Å². The number of hydrogen-bond acceptors (Lipinski definition) is 10. The fraction of sp³-hybridized carbons (Fsp3) is 0.450. The van der Waals surface area contributed by atoms with Crippen molar-refractivity contribution in [1.82, 2.24) is 0 Å². The molecule has 1 saturated heterocycles. The normalized spacial score (nSPS) is 27.4. The van der Waals surface area contributed by atoms with Crippen molar-refractivity contribution in [2.45, 2.75) is 37.6 Å². The molecular formula is C20H26O10. The van der Waals surface area contributed by atoms with Crippen molar-refractivity contribution in [3.05, 3.63) is 41.5 Å². The van der Waals surface area contributed by atoms with E-state index >= 15 is 0 Å². The Kier molecular flexibility index (Phi) is 8.78. The number of ether oxygens (including phenoxy) is 3. The molecule has 6 N–H and O–H groups in total. The Hall–Kier alpha value is -2.47. The molecule has 1 aromatic rings. The second kappa shape index (κ2) is 11.1. The van der Waals surface area contributed by atoms with Crippen LogP contribution in [0.25, 0.3) is 6.08 Å². The first-order valence-corrected chi connectivity index (χ1v) is 9.17. The van der Waals surface area contributed by atoms with Crippen LogP contribution in [0.2, 0.25) is 0 Å². The molecule has 0 unspecified atom stereocenters. The highest BCUT2D eigenvalue weighted by Crippen LogP contribution is 2.25. The summed E-state index contributed by atoms with van der Waals surface area (Å²) in [5.41, 5.74) is 1.14. The predicted octanol–water partition coefficient (Wildman–Crippen LogP) is -0.583. The Morgan fingerprint density at radius 1 is 1.13 bits per heavy atom. The van der Waals surface area contributed by atoms with Gasteiger partial charge in [0.25, 0.3) is 0 Å². The molecule has 0 saturated carbocycles. The number of phenolic OH excluding ortho intramolecular Hbond substituents is 2. The molecule has 0 aromatic heterocycles. The predicted molar refractivity (Wildman–Crippen MR) is 103 cm³/mol. The van der Waals surface area contributed by atoms with Crippen LogP contribution in [0.15, 0.2) is 35.9 Å². The SMILES string of the molecule is C/C(=C\CO[C@H]1O[C@@H](CO)[C@H](O)[C@@H](O)[C@@H]1O)COC(=O)/C=C/c1ccc(O)c(O)c1. The highest BCUT2D eigenvalue weighted by molar-refractivity contribution is 5.87. The molecular weight excluding hydrogens is 400 g/mol. The molecule has 1 heterocycles. The average molecular weight is 426 g/mol. The lowest BCUT2D eigenvalue weighted by atomic mass is 9.99. The fourth-order valence-corrected chi connectivity index (χ4v) is 2.59. The van der Waals surface area contributed by atoms with Gasteiger partial charge in [0.15, 0.2) is 17.8 Å². The topological polar surface area (TPSA) is 166 Å². The standard InChI is InChI=1S/C20H26O10/c1-11(6-7-28-20-19(27)18(26)17(25)15(9-21)30-20)10-29-16(24)5-3-12-2-4-13(22)14(23)8-12/h2-6,8,15,17-23,25-27H,7,9-10H2,1H3/b5-3+,11-6+/t15-,17-,18+,19-,20-/m0/s1. The van der Waals surface area contributed by atoms with Crippen LogP contribution in [0.5, 0.6) is 11.5 Å². The minimum absolute atomic E-state index is 0.0258. The molecule has 0 spiro atoms. The second-order valence-corrected chi connectivity index (χ2v) is 6.77. The summed E-state index contributed by atoms with van der Waals surface area (Å²) >= 11 is 0. The van der Waals surface area contributed by atoms with E-state index in [-0.39, 0.29) is 24.7 Å². The van der Waals surface area contributed by atoms with Crippen molar-refractivity contribution in [1.29, 1.82) is 0 Å². The number of carbonyl (C=O) groups is 1. The molecule has 10 heteroatoms. The molecule has 0 amide bonds. The number of aliphatic hydroxyl groups is 4. The van der Waals surface area contributed by atoms with Crippen molar-refractivity contribution < 1.29 is 49.6 Å². The lowest BCUT2D eigenvalue weighted by Gasteiger charge is -2.39. The number of aliphatic hydroxyl groups excluding tert-OH is 4. The number of hydrogen-bond donors (Lipinski definition) is 6. The summed E-state index contributed by atoms with van der Waals surface area (Å²) in [6, 6.07) is 4.10. The van der Waals surface area contributed by atoms with Gasteiger partial charge in [-0.3, -0.25) is 0 Å². The molecule has 1 aromatic carbocycles. The number of aromatic hydroxyl groups is 2. The van der Waals surface area contributed by atoms with Gasteiger partial charge in [0.2, 0.25) is 0 Å². The first-order valence-electron chi connectivity index (χ1n) is 9.17. The molecule has 5 atom stereocenters. The summed E-state index contributed by atoms with van der Waals surface area (Å²) in [5.74, 6) is -1.18. The van der Waals surface area contributed by atoms with E-state index in [4.69, 9.17) is 19.3 Å². The first-order chi connectivity index (χ1) is 14.2. The summed E-state index contributed by atoms with van der Waals surface area (Å²) in [4.78, 5) is 11.8. The third kappa shape index (κ3) is 6.52. The third-order valence-corrected chi connectivity index (χ3v) is 4.39. The van der Waals surface area contributed by atoms with Gasteiger partial charge in [0.05, 0.1) is 13.2 Å². The molecule has 0 aliphatic carbocycles. The Balaban J connectivity index is 1.77. The summed E-state index contributed by atoms with van der Waals surface area (Å²) < 4.78 is 15.6. The summed E-state index contributed by atoms with van der Waals surface area (Å²) in [5, 5.41) is 57.1. The lowest BCUT2D eigenvalue weighted by molar-refractivity contribution is -0.298. The van der Waals surface area contributed by atoms with E-state index in [1.165, 1.54) is 30.4 Å². The molecule has 2 rings (SSSR count). The van der Waals surface area contributed by atoms with Crippen LogP contribution < -0.4 is 0 Å². The van der Waals surface area contributed by atoms with E-state index in [0.717, 1.165) is 0 Å². The van der Waals surface area contributed by atoms with E-state index in [1.54, 1.807) is 13.0 Å². The summed E-state index contributed by atoms with van der Waals surface area (Å²) in [6.45, 7) is 1.08. The van der Waals surface area contributed by atoms with Gasteiger partial charge in [-0.1, -0.05) is 12.1 Å². The van der Waals surface area contributed by atoms with E-state index in [1.807, 2.05) is 0 Å². The van der Waals surface area contributed by atoms with Gasteiger partial charge >= 0.3 is 5.97 Å². The molecule has 30 heavy (non-hydrogen) atoms. The number of phenols is 2. The minimum Gasteiger partial charge on any atom is -0.504 e. The number of esters is 1. The van der Waals surface area contributed by atoms with E-state index in [9.17, 15) is 30.3 Å². The number of benzene rings is 1. The third-order valence-electron chi connectivity index (χ3n) is 4.39. The van der Waals surface area contributed by atoms with Gasteiger partial charge in [-0.15, -0.1) is 0 Å². The van der Waals surface area contributed by atoms with Crippen molar-refractivity contribution in [2.75, 3.05) is 19.8 Å². The van der Waals surface area contributed by atoms with Crippen LogP contribution in [0.3, 0.4) is 0 Å². The van der Waals surface area contributed by atoms with Crippen molar-refractivity contribution in [3.63, 3.8) is 0 Å².